The van der Waals surface area contributed by atoms with Crippen molar-refractivity contribution >= 4 is 50.6 Å². The van der Waals surface area contributed by atoms with E-state index in [0.717, 1.165) is 26.9 Å². The van der Waals surface area contributed by atoms with Crippen LogP contribution in [0.25, 0.3) is 11.6 Å². The number of nitrogens with two attached hydrogens (primary N) is 1. The first-order valence-corrected chi connectivity index (χ1v) is 7.89. The smallest absolute Gasteiger partial charge is 0.184 e. The Morgan fingerprint density at radius 2 is 1.77 bits per heavy atom. The van der Waals surface area contributed by atoms with Crippen LogP contribution in [-0.2, 0) is 0 Å². The van der Waals surface area contributed by atoms with Crippen molar-refractivity contribution in [2.45, 2.75) is 6.92 Å². The molecule has 0 heterocycles. The van der Waals surface area contributed by atoms with Crippen LogP contribution >= 0.6 is 28.1 Å². The van der Waals surface area contributed by atoms with Crippen molar-refractivity contribution in [3.8, 4) is 0 Å². The Morgan fingerprint density at radius 1 is 1.14 bits per heavy atom. The van der Waals surface area contributed by atoms with Gasteiger partial charge in [-0.25, -0.2) is 0 Å². The molecule has 0 aliphatic carbocycles. The second-order valence-corrected chi connectivity index (χ2v) is 6.00. The topological polar surface area (TPSA) is 50.4 Å². The highest BCUT2D eigenvalue weighted by atomic mass is 79.9. The second-order valence-electron chi connectivity index (χ2n) is 4.65. The maximum atomic E-state index is 5.44. The van der Waals surface area contributed by atoms with Gasteiger partial charge in [0.15, 0.2) is 5.11 Å². The average Bonchev–Trinajstić information content (AvgIpc) is 2.53. The van der Waals surface area contributed by atoms with Crippen molar-refractivity contribution < 1.29 is 0 Å². The van der Waals surface area contributed by atoms with Crippen molar-refractivity contribution in [2.75, 3.05) is 0 Å². The van der Waals surface area contributed by atoms with Gasteiger partial charge in [0.25, 0.3) is 0 Å². The molecular formula is C17H16BrN3S. The molecule has 0 bridgehead atoms. The lowest BCUT2D eigenvalue weighted by molar-refractivity contribution is 1.03. The van der Waals surface area contributed by atoms with Crippen LogP contribution in [0.4, 0.5) is 0 Å². The number of rotatable bonds is 4. The van der Waals surface area contributed by atoms with Gasteiger partial charge in [0.1, 0.15) is 0 Å². The first kappa shape index (κ1) is 16.4. The van der Waals surface area contributed by atoms with E-state index in [9.17, 15) is 0 Å². The predicted molar refractivity (Wildman–Crippen MR) is 101 cm³/mol. The largest absolute Gasteiger partial charge is 0.375 e. The summed E-state index contributed by atoms with van der Waals surface area (Å²) >= 11 is 8.24. The number of benzene rings is 2. The minimum Gasteiger partial charge on any atom is -0.375 e. The third kappa shape index (κ3) is 4.79. The van der Waals surface area contributed by atoms with Gasteiger partial charge in [-0.2, -0.15) is 5.10 Å². The van der Waals surface area contributed by atoms with Gasteiger partial charge in [-0.15, -0.1) is 0 Å². The normalized spacial score (nSPS) is 12.1. The summed E-state index contributed by atoms with van der Waals surface area (Å²) in [5.41, 5.74) is 12.1. The SMILES string of the molecule is CC(=N\NC(N)=S)/C(=C\c1ccc(Br)cc1)c1ccccc1. The first-order valence-electron chi connectivity index (χ1n) is 6.69. The quantitative estimate of drug-likeness (QED) is 0.365. The number of hydrogen-bond donors (Lipinski definition) is 2. The molecule has 0 spiro atoms. The van der Waals surface area contributed by atoms with E-state index in [2.05, 4.69) is 32.5 Å². The molecule has 0 aromatic heterocycles. The number of hydrogen-bond acceptors (Lipinski definition) is 2. The Kier molecular flexibility index (Phi) is 5.86. The maximum absolute atomic E-state index is 5.44. The van der Waals surface area contributed by atoms with Crippen molar-refractivity contribution in [1.82, 2.24) is 5.43 Å². The van der Waals surface area contributed by atoms with E-state index in [4.69, 9.17) is 18.0 Å². The van der Waals surface area contributed by atoms with Gasteiger partial charge in [0.05, 0.1) is 5.71 Å². The van der Waals surface area contributed by atoms with Gasteiger partial charge in [0.2, 0.25) is 0 Å². The zero-order valence-electron chi connectivity index (χ0n) is 12.1. The van der Waals surface area contributed by atoms with E-state index < -0.39 is 0 Å². The van der Waals surface area contributed by atoms with E-state index in [1.165, 1.54) is 0 Å². The Labute approximate surface area is 144 Å². The van der Waals surface area contributed by atoms with Crippen molar-refractivity contribution in [3.05, 3.63) is 70.2 Å². The van der Waals surface area contributed by atoms with Gasteiger partial charge in [-0.3, -0.25) is 5.43 Å². The Morgan fingerprint density at radius 3 is 2.36 bits per heavy atom. The molecule has 22 heavy (non-hydrogen) atoms. The zero-order valence-corrected chi connectivity index (χ0v) is 14.5. The summed E-state index contributed by atoms with van der Waals surface area (Å²) in [5, 5.41) is 4.39. The first-order chi connectivity index (χ1) is 10.6. The van der Waals surface area contributed by atoms with E-state index in [0.29, 0.717) is 0 Å². The van der Waals surface area contributed by atoms with E-state index >= 15 is 0 Å². The fourth-order valence-electron chi connectivity index (χ4n) is 1.94. The monoisotopic (exact) mass is 373 g/mol. The second kappa shape index (κ2) is 7.87. The molecule has 2 rings (SSSR count). The number of hydrazone groups is 1. The molecule has 3 N–H and O–H groups in total. The molecule has 5 heteroatoms. The van der Waals surface area contributed by atoms with Gasteiger partial charge < -0.3 is 5.73 Å². The molecule has 0 fully saturated rings. The summed E-state index contributed by atoms with van der Waals surface area (Å²) in [6, 6.07) is 18.2. The predicted octanol–water partition coefficient (Wildman–Crippen LogP) is 4.20. The number of allylic oxidation sites excluding steroid dienone is 1. The van der Waals surface area contributed by atoms with E-state index in [-0.39, 0.29) is 5.11 Å². The molecule has 0 saturated carbocycles. The average molecular weight is 374 g/mol. The highest BCUT2D eigenvalue weighted by Crippen LogP contribution is 2.21. The van der Waals surface area contributed by atoms with Crippen LogP contribution in [0, 0.1) is 0 Å². The molecular weight excluding hydrogens is 358 g/mol. The van der Waals surface area contributed by atoms with Gasteiger partial charge in [-0.1, -0.05) is 58.4 Å². The van der Waals surface area contributed by atoms with Crippen LogP contribution in [0.2, 0.25) is 0 Å². The summed E-state index contributed by atoms with van der Waals surface area (Å²) in [4.78, 5) is 0. The van der Waals surface area contributed by atoms with Crippen LogP contribution < -0.4 is 11.2 Å². The van der Waals surface area contributed by atoms with Crippen LogP contribution in [0.15, 0.2) is 64.2 Å². The summed E-state index contributed by atoms with van der Waals surface area (Å²) in [6.45, 7) is 1.92. The summed E-state index contributed by atoms with van der Waals surface area (Å²) in [6.07, 6.45) is 2.09. The molecule has 0 saturated heterocycles. The number of thiocarbonyl (C=S) groups is 1. The minimum absolute atomic E-state index is 0.149. The minimum atomic E-state index is 0.149. The highest BCUT2D eigenvalue weighted by Gasteiger charge is 2.06. The Bertz CT molecular complexity index is 706. The van der Waals surface area contributed by atoms with Crippen LogP contribution in [0.1, 0.15) is 18.1 Å². The third-order valence-corrected chi connectivity index (χ3v) is 3.61. The lowest BCUT2D eigenvalue weighted by Gasteiger charge is -2.09. The summed E-state index contributed by atoms with van der Waals surface area (Å²) in [5.74, 6) is 0. The van der Waals surface area contributed by atoms with E-state index in [1.54, 1.807) is 0 Å². The third-order valence-electron chi connectivity index (χ3n) is 2.99. The molecule has 2 aromatic rings. The van der Waals surface area contributed by atoms with Crippen LogP contribution in [0.3, 0.4) is 0 Å². The Balaban J connectivity index is 2.43. The molecule has 2 aromatic carbocycles. The zero-order chi connectivity index (χ0) is 15.9. The Hall–Kier alpha value is -1.98. The molecule has 0 atom stereocenters. The molecule has 0 radical (unpaired) electrons. The molecule has 0 amide bonds. The standard InChI is InChI=1S/C17H16BrN3S/c1-12(20-21-17(19)22)16(14-5-3-2-4-6-14)11-13-7-9-15(18)10-8-13/h2-11H,1H3,(H3,19,21,22)/b16-11+,20-12+. The molecule has 3 nitrogen and oxygen atoms in total. The molecule has 112 valence electrons. The van der Waals surface area contributed by atoms with Crippen LogP contribution in [-0.4, -0.2) is 10.8 Å². The van der Waals surface area contributed by atoms with Gasteiger partial charge in [0, 0.05) is 10.0 Å². The maximum Gasteiger partial charge on any atom is 0.184 e. The van der Waals surface area contributed by atoms with E-state index in [1.807, 2.05) is 61.5 Å². The fraction of sp³-hybridized carbons (Fsp3) is 0.0588. The number of nitrogens with zero attached hydrogens (tertiary/aromatic N) is 1. The highest BCUT2D eigenvalue weighted by molar-refractivity contribution is 9.10. The summed E-state index contributed by atoms with van der Waals surface area (Å²) < 4.78 is 1.05. The lowest BCUT2D eigenvalue weighted by Crippen LogP contribution is -2.25. The van der Waals surface area contributed by atoms with Crippen molar-refractivity contribution in [3.63, 3.8) is 0 Å². The number of nitrogens with one attached hydrogen (secondary N) is 1. The van der Waals surface area contributed by atoms with Crippen molar-refractivity contribution in [1.29, 1.82) is 0 Å². The van der Waals surface area contributed by atoms with Crippen molar-refractivity contribution in [2.24, 2.45) is 10.8 Å². The fourth-order valence-corrected chi connectivity index (χ4v) is 2.25. The molecule has 0 aliphatic heterocycles. The lowest BCUT2D eigenvalue weighted by atomic mass is 9.99. The van der Waals surface area contributed by atoms with Crippen LogP contribution in [0.5, 0.6) is 0 Å². The van der Waals surface area contributed by atoms with Gasteiger partial charge in [-0.05, 0) is 48.5 Å². The number of halogens is 1. The molecule has 0 unspecified atom stereocenters. The summed E-state index contributed by atoms with van der Waals surface area (Å²) in [7, 11) is 0. The molecule has 0 aliphatic rings. The van der Waals surface area contributed by atoms with Gasteiger partial charge >= 0.3 is 0 Å².